The summed E-state index contributed by atoms with van der Waals surface area (Å²) >= 11 is 0. The molecule has 0 spiro atoms. The van der Waals surface area contributed by atoms with Crippen molar-refractivity contribution < 1.29 is 19.7 Å². The first-order valence-electron chi connectivity index (χ1n) is 13.8. The van der Waals surface area contributed by atoms with Crippen LogP contribution >= 0.6 is 24.8 Å². The van der Waals surface area contributed by atoms with Crippen molar-refractivity contribution in [3.05, 3.63) is 0 Å². The van der Waals surface area contributed by atoms with Crippen molar-refractivity contribution in [2.24, 2.45) is 0 Å². The van der Waals surface area contributed by atoms with Crippen LogP contribution in [0, 0.1) is 0 Å². The van der Waals surface area contributed by atoms with Gasteiger partial charge in [0.1, 0.15) is 12.2 Å². The summed E-state index contributed by atoms with van der Waals surface area (Å²) in [6.45, 7) is 19.8. The van der Waals surface area contributed by atoms with Crippen LogP contribution in [0.4, 0.5) is 4.79 Å². The Morgan fingerprint density at radius 3 is 1.09 bits per heavy atom. The van der Waals surface area contributed by atoms with Crippen LogP contribution in [0.5, 0.6) is 0 Å². The molecule has 0 aliphatic heterocycles. The number of ether oxygens (including phenoxy) is 2. The summed E-state index contributed by atoms with van der Waals surface area (Å²) in [6.07, 6.45) is 13.2. The van der Waals surface area contributed by atoms with Gasteiger partial charge in [-0.05, 0) is 104 Å². The standard InChI is InChI=1S/C27H56N2O3.2ClH.H2O/c1-7-11-19-28(20-12-8-2)23-15-17-25(5)31-27(30)32-26(6)18-16-24-29(21-13-9-3)22-14-10-4;;;/h25-26H,7-24H2,1-6H3;2*1H;1H2/t25-,26-;;;/m0.../s1. The van der Waals surface area contributed by atoms with Crippen LogP contribution in [0.2, 0.25) is 0 Å². The van der Waals surface area contributed by atoms with Crippen molar-refractivity contribution >= 4 is 31.0 Å². The van der Waals surface area contributed by atoms with E-state index in [-0.39, 0.29) is 42.5 Å². The first kappa shape index (κ1) is 41.8. The molecule has 0 aromatic heterocycles. The third-order valence-electron chi connectivity index (χ3n) is 6.08. The summed E-state index contributed by atoms with van der Waals surface area (Å²) in [5.74, 6) is 0. The van der Waals surface area contributed by atoms with E-state index in [0.29, 0.717) is 0 Å². The summed E-state index contributed by atoms with van der Waals surface area (Å²) in [4.78, 5) is 17.3. The summed E-state index contributed by atoms with van der Waals surface area (Å²) < 4.78 is 11.0. The van der Waals surface area contributed by atoms with E-state index >= 15 is 0 Å². The maximum absolute atomic E-state index is 12.2. The topological polar surface area (TPSA) is 73.5 Å². The maximum atomic E-state index is 12.2. The number of rotatable bonds is 22. The molecule has 0 rings (SSSR count). The number of nitrogens with zero attached hydrogens (tertiary/aromatic N) is 2. The number of hydrogen-bond donors (Lipinski definition) is 0. The molecule has 0 aliphatic rings. The van der Waals surface area contributed by atoms with E-state index in [1.165, 1.54) is 77.5 Å². The van der Waals surface area contributed by atoms with E-state index in [1.54, 1.807) is 0 Å². The zero-order valence-electron chi connectivity index (χ0n) is 23.8. The van der Waals surface area contributed by atoms with Crippen molar-refractivity contribution in [1.29, 1.82) is 0 Å². The lowest BCUT2D eigenvalue weighted by Gasteiger charge is -2.23. The Hall–Kier alpha value is -0.270. The van der Waals surface area contributed by atoms with Gasteiger partial charge < -0.3 is 24.7 Å². The molecule has 0 bridgehead atoms. The zero-order valence-corrected chi connectivity index (χ0v) is 25.5. The van der Waals surface area contributed by atoms with Crippen LogP contribution in [-0.4, -0.2) is 72.9 Å². The molecule has 0 heterocycles. The lowest BCUT2D eigenvalue weighted by Crippen LogP contribution is -2.29. The molecule has 0 unspecified atom stereocenters. The van der Waals surface area contributed by atoms with Crippen molar-refractivity contribution in [3.63, 3.8) is 0 Å². The largest absolute Gasteiger partial charge is 0.508 e. The Kier molecular flexibility index (Phi) is 35.8. The molecule has 0 aliphatic carbocycles. The zero-order chi connectivity index (χ0) is 24.0. The van der Waals surface area contributed by atoms with Crippen LogP contribution in [0.15, 0.2) is 0 Å². The van der Waals surface area contributed by atoms with E-state index in [2.05, 4.69) is 37.5 Å². The highest BCUT2D eigenvalue weighted by Gasteiger charge is 2.15. The first-order valence-corrected chi connectivity index (χ1v) is 13.8. The minimum absolute atomic E-state index is 0. The normalized spacial score (nSPS) is 12.3. The fourth-order valence-corrected chi connectivity index (χ4v) is 3.88. The van der Waals surface area contributed by atoms with E-state index in [9.17, 15) is 4.79 Å². The molecule has 8 heteroatoms. The SMILES string of the molecule is CCCCN(CCCC)CCC[C@H](C)OC(=O)O[C@@H](C)CCCN(CCCC)CCCC.Cl.Cl.O. The molecule has 2 N–H and O–H groups in total. The molecule has 216 valence electrons. The van der Waals surface area contributed by atoms with Crippen LogP contribution in [0.3, 0.4) is 0 Å². The average Bonchev–Trinajstić information content (AvgIpc) is 2.76. The van der Waals surface area contributed by atoms with Gasteiger partial charge in [-0.3, -0.25) is 0 Å². The van der Waals surface area contributed by atoms with E-state index in [1.807, 2.05) is 13.8 Å². The monoisotopic (exact) mass is 546 g/mol. The summed E-state index contributed by atoms with van der Waals surface area (Å²) in [5.41, 5.74) is 0. The highest BCUT2D eigenvalue weighted by atomic mass is 35.5. The minimum atomic E-state index is -0.507. The highest BCUT2D eigenvalue weighted by molar-refractivity contribution is 5.85. The van der Waals surface area contributed by atoms with Gasteiger partial charge in [0.15, 0.2) is 0 Å². The van der Waals surface area contributed by atoms with E-state index in [4.69, 9.17) is 9.47 Å². The van der Waals surface area contributed by atoms with Crippen LogP contribution in [0.25, 0.3) is 0 Å². The summed E-state index contributed by atoms with van der Waals surface area (Å²) in [7, 11) is 0. The molecule has 0 fully saturated rings. The third-order valence-corrected chi connectivity index (χ3v) is 6.08. The third kappa shape index (κ3) is 26.6. The second-order valence-electron chi connectivity index (χ2n) is 9.49. The molecule has 6 nitrogen and oxygen atoms in total. The average molecular weight is 548 g/mol. The maximum Gasteiger partial charge on any atom is 0.508 e. The number of hydrogen-bond acceptors (Lipinski definition) is 5. The number of unbranched alkanes of at least 4 members (excludes halogenated alkanes) is 4. The van der Waals surface area contributed by atoms with Gasteiger partial charge in [0.25, 0.3) is 0 Å². The molecule has 0 amide bonds. The van der Waals surface area contributed by atoms with Gasteiger partial charge in [-0.25, -0.2) is 4.79 Å². The fraction of sp³-hybridized carbons (Fsp3) is 0.963. The van der Waals surface area contributed by atoms with Crippen LogP contribution < -0.4 is 0 Å². The molecule has 35 heavy (non-hydrogen) atoms. The summed E-state index contributed by atoms with van der Waals surface area (Å²) in [6, 6.07) is 0. The fourth-order valence-electron chi connectivity index (χ4n) is 3.88. The van der Waals surface area contributed by atoms with Gasteiger partial charge >= 0.3 is 6.16 Å². The Labute approximate surface area is 230 Å². The predicted molar refractivity (Wildman–Crippen MR) is 156 cm³/mol. The quantitative estimate of drug-likeness (QED) is 0.133. The molecular formula is C27H60Cl2N2O4. The molecule has 0 aromatic rings. The lowest BCUT2D eigenvalue weighted by atomic mass is 10.2. The van der Waals surface area contributed by atoms with Crippen molar-refractivity contribution in [2.75, 3.05) is 39.3 Å². The predicted octanol–water partition coefficient (Wildman–Crippen LogP) is 7.30. The van der Waals surface area contributed by atoms with Gasteiger partial charge in [-0.1, -0.05) is 53.4 Å². The second kappa shape index (κ2) is 30.0. The Morgan fingerprint density at radius 2 is 0.829 bits per heavy atom. The Morgan fingerprint density at radius 1 is 0.571 bits per heavy atom. The second-order valence-corrected chi connectivity index (χ2v) is 9.49. The van der Waals surface area contributed by atoms with Crippen LogP contribution in [0.1, 0.15) is 119 Å². The Balaban J connectivity index is -0.00000160. The van der Waals surface area contributed by atoms with Crippen LogP contribution in [-0.2, 0) is 9.47 Å². The lowest BCUT2D eigenvalue weighted by molar-refractivity contribution is 0.00179. The van der Waals surface area contributed by atoms with Crippen molar-refractivity contribution in [2.45, 2.75) is 131 Å². The highest BCUT2D eigenvalue weighted by Crippen LogP contribution is 2.10. The van der Waals surface area contributed by atoms with Gasteiger partial charge in [0, 0.05) is 0 Å². The van der Waals surface area contributed by atoms with E-state index < -0.39 is 6.16 Å². The van der Waals surface area contributed by atoms with E-state index in [0.717, 1.165) is 38.8 Å². The minimum Gasteiger partial charge on any atom is -0.431 e. The van der Waals surface area contributed by atoms with Gasteiger partial charge in [-0.2, -0.15) is 0 Å². The smallest absolute Gasteiger partial charge is 0.431 e. The molecule has 2 atom stereocenters. The Bertz CT molecular complexity index is 382. The van der Waals surface area contributed by atoms with Gasteiger partial charge in [0.2, 0.25) is 0 Å². The van der Waals surface area contributed by atoms with Gasteiger partial charge in [-0.15, -0.1) is 24.8 Å². The number of carbonyl (C=O) groups excluding carboxylic acids is 1. The van der Waals surface area contributed by atoms with Crippen molar-refractivity contribution in [1.82, 2.24) is 9.80 Å². The molecular weight excluding hydrogens is 487 g/mol. The van der Waals surface area contributed by atoms with Crippen molar-refractivity contribution in [3.8, 4) is 0 Å². The molecule has 0 saturated carbocycles. The summed E-state index contributed by atoms with van der Waals surface area (Å²) in [5, 5.41) is 0. The van der Waals surface area contributed by atoms with Gasteiger partial charge in [0.05, 0.1) is 0 Å². The molecule has 0 radical (unpaired) electrons. The molecule has 0 saturated heterocycles. The number of carbonyl (C=O) groups is 1. The first-order chi connectivity index (χ1) is 15.5. The molecule has 0 aromatic carbocycles. The number of halogens is 2.